The van der Waals surface area contributed by atoms with E-state index in [1.807, 2.05) is 18.2 Å². The van der Waals surface area contributed by atoms with E-state index < -0.39 is 5.75 Å². The highest BCUT2D eigenvalue weighted by atomic mass is 16.3. The summed E-state index contributed by atoms with van der Waals surface area (Å²) in [6, 6.07) is 27.1. The minimum absolute atomic E-state index is 0.0635. The Balaban J connectivity index is 1.57. The van der Waals surface area contributed by atoms with E-state index in [0.29, 0.717) is 11.1 Å². The molecule has 1 aliphatic rings. The molecule has 3 N–H and O–H groups in total. The van der Waals surface area contributed by atoms with Gasteiger partial charge in [-0.15, -0.1) is 0 Å². The second kappa shape index (κ2) is 9.50. The van der Waals surface area contributed by atoms with Gasteiger partial charge in [-0.1, -0.05) is 89.8 Å². The summed E-state index contributed by atoms with van der Waals surface area (Å²) in [5.74, 6) is -0.722. The van der Waals surface area contributed by atoms with Crippen LogP contribution in [0.15, 0.2) is 97.1 Å². The van der Waals surface area contributed by atoms with Crippen molar-refractivity contribution >= 4 is 89.1 Å². The molecule has 6 radical (unpaired) electrons. The maximum absolute atomic E-state index is 11.3. The molecular weight excluding hydrogens is 525 g/mol. The van der Waals surface area contributed by atoms with E-state index in [4.69, 9.17) is 23.5 Å². The maximum atomic E-state index is 11.3. The van der Waals surface area contributed by atoms with Crippen LogP contribution in [0.3, 0.4) is 0 Å². The third kappa shape index (κ3) is 3.61. The maximum Gasteiger partial charge on any atom is 0.124 e. The molecule has 0 spiro atoms. The number of phenols is 2. The second-order valence-corrected chi connectivity index (χ2v) is 11.1. The smallest absolute Gasteiger partial charge is 0.124 e. The van der Waals surface area contributed by atoms with Crippen LogP contribution in [-0.2, 0) is 0 Å². The van der Waals surface area contributed by atoms with Crippen molar-refractivity contribution in [2.75, 3.05) is 0 Å². The fourth-order valence-electron chi connectivity index (χ4n) is 6.71. The lowest BCUT2D eigenvalue weighted by Crippen LogP contribution is -2.33. The molecule has 0 unspecified atom stereocenters. The number of H-pyrrole nitrogens is 1. The largest absolute Gasteiger partial charge is 0.509 e. The van der Waals surface area contributed by atoms with Gasteiger partial charge in [-0.05, 0) is 47.6 Å². The fourth-order valence-corrected chi connectivity index (χ4v) is 6.71. The third-order valence-corrected chi connectivity index (χ3v) is 8.71. The second-order valence-electron chi connectivity index (χ2n) is 11.1. The molecule has 7 heteroatoms. The van der Waals surface area contributed by atoms with E-state index in [-0.39, 0.29) is 22.1 Å². The summed E-state index contributed by atoms with van der Waals surface area (Å²) in [5, 5.41) is 26.3. The van der Waals surface area contributed by atoms with Gasteiger partial charge in [0.15, 0.2) is 0 Å². The number of benzene rings is 5. The summed E-state index contributed by atoms with van der Waals surface area (Å²) in [4.78, 5) is 3.71. The summed E-state index contributed by atoms with van der Waals surface area (Å²) in [5.41, 5.74) is 7.76. The normalized spacial score (nSPS) is 13.4. The number of fused-ring (bicyclic) bond motifs is 7. The number of aromatic amines is 1. The molecule has 0 saturated heterocycles. The summed E-state index contributed by atoms with van der Waals surface area (Å²) in [6.45, 7) is 0. The molecule has 8 rings (SSSR count). The standard InChI is InChI=1S/C36H23B3N2O2/c37-30-29(35(42)32(39)36(43)31(30)38)24-13-8-16-27(28(24)19-9-2-1-3-10-19)41-26-15-7-5-12-21(26)23-18-17-22-20-11-4-6-14-25(20)40-33(22)34(23)41/h2,4-18,40,42-43H,1,3H2. The minimum atomic E-state index is -0.420. The molecule has 0 amide bonds. The monoisotopic (exact) mass is 548 g/mol. The summed E-state index contributed by atoms with van der Waals surface area (Å²) in [6.07, 6.45) is 8.28. The van der Waals surface area contributed by atoms with Crippen LogP contribution in [0.1, 0.15) is 18.4 Å². The zero-order valence-corrected chi connectivity index (χ0v) is 23.2. The van der Waals surface area contributed by atoms with Crippen LogP contribution in [0.25, 0.3) is 66.0 Å². The van der Waals surface area contributed by atoms with Crippen molar-refractivity contribution in [1.82, 2.24) is 9.55 Å². The van der Waals surface area contributed by atoms with Crippen LogP contribution in [0.2, 0.25) is 0 Å². The van der Waals surface area contributed by atoms with Crippen LogP contribution in [0.5, 0.6) is 11.5 Å². The topological polar surface area (TPSA) is 61.2 Å². The highest BCUT2D eigenvalue weighted by Crippen LogP contribution is 2.43. The average Bonchev–Trinajstić information content (AvgIpc) is 3.59. The first-order valence-electron chi connectivity index (χ1n) is 14.3. The molecule has 2 aromatic heterocycles. The summed E-state index contributed by atoms with van der Waals surface area (Å²) >= 11 is 0. The SMILES string of the molecule is [B]c1c([B])c(-c2cccc(-n3c4ccccc4c4ccc5c6ccccc6[nH]c5c43)c2C2=CCCC=C2)c(O)c([B])c1O. The first-order valence-corrected chi connectivity index (χ1v) is 14.3. The fraction of sp³-hybridized carbons (Fsp3) is 0.0556. The Morgan fingerprint density at radius 2 is 1.42 bits per heavy atom. The van der Waals surface area contributed by atoms with Crippen molar-refractivity contribution in [2.24, 2.45) is 0 Å². The Labute approximate surface area is 252 Å². The van der Waals surface area contributed by atoms with Gasteiger partial charge in [0.05, 0.1) is 22.2 Å². The molecule has 0 bridgehead atoms. The summed E-state index contributed by atoms with van der Waals surface area (Å²) in [7, 11) is 18.8. The number of phenolic OH excluding ortho intramolecular Hbond substituents is 2. The highest BCUT2D eigenvalue weighted by molar-refractivity contribution is 6.55. The van der Waals surface area contributed by atoms with Crippen molar-refractivity contribution in [1.29, 1.82) is 0 Å². The van der Waals surface area contributed by atoms with Gasteiger partial charge >= 0.3 is 0 Å². The number of aromatic hydroxyl groups is 2. The van der Waals surface area contributed by atoms with E-state index in [1.54, 1.807) is 0 Å². The van der Waals surface area contributed by atoms with Crippen LogP contribution >= 0.6 is 0 Å². The Bertz CT molecular complexity index is 2330. The predicted molar refractivity (Wildman–Crippen MR) is 181 cm³/mol. The number of para-hydroxylation sites is 2. The Morgan fingerprint density at radius 1 is 0.651 bits per heavy atom. The van der Waals surface area contributed by atoms with Gasteiger partial charge in [-0.3, -0.25) is 0 Å². The first-order chi connectivity index (χ1) is 21.0. The molecule has 43 heavy (non-hydrogen) atoms. The number of hydrogen-bond donors (Lipinski definition) is 3. The van der Waals surface area contributed by atoms with Crippen molar-refractivity contribution in [2.45, 2.75) is 12.8 Å². The Hall–Kier alpha value is -5.03. The predicted octanol–water partition coefficient (Wildman–Crippen LogP) is 5.61. The van der Waals surface area contributed by atoms with Gasteiger partial charge in [0.25, 0.3) is 0 Å². The molecule has 0 aliphatic heterocycles. The van der Waals surface area contributed by atoms with Crippen LogP contribution in [-0.4, -0.2) is 43.3 Å². The lowest BCUT2D eigenvalue weighted by Gasteiger charge is -2.24. The van der Waals surface area contributed by atoms with Crippen molar-refractivity contribution in [3.63, 3.8) is 0 Å². The number of nitrogens with one attached hydrogen (secondary N) is 1. The average molecular weight is 548 g/mol. The van der Waals surface area contributed by atoms with Gasteiger partial charge in [0, 0.05) is 38.2 Å². The molecule has 7 aromatic rings. The van der Waals surface area contributed by atoms with E-state index in [0.717, 1.165) is 73.3 Å². The van der Waals surface area contributed by atoms with E-state index in [1.165, 1.54) is 0 Å². The van der Waals surface area contributed by atoms with Crippen molar-refractivity contribution in [3.05, 3.63) is 103 Å². The number of nitrogens with zero attached hydrogens (tertiary/aromatic N) is 1. The molecule has 5 aromatic carbocycles. The summed E-state index contributed by atoms with van der Waals surface area (Å²) < 4.78 is 2.30. The zero-order valence-electron chi connectivity index (χ0n) is 23.2. The van der Waals surface area contributed by atoms with Gasteiger partial charge < -0.3 is 19.8 Å². The minimum Gasteiger partial charge on any atom is -0.509 e. The molecule has 1 aliphatic carbocycles. The number of allylic oxidation sites excluding steroid dienone is 4. The van der Waals surface area contributed by atoms with Crippen molar-refractivity contribution in [3.8, 4) is 28.3 Å². The molecule has 4 nitrogen and oxygen atoms in total. The number of hydrogen-bond acceptors (Lipinski definition) is 2. The lowest BCUT2D eigenvalue weighted by molar-refractivity contribution is 0.463. The number of aromatic nitrogens is 2. The van der Waals surface area contributed by atoms with E-state index in [9.17, 15) is 10.2 Å². The van der Waals surface area contributed by atoms with Crippen LogP contribution in [0, 0.1) is 0 Å². The van der Waals surface area contributed by atoms with Gasteiger partial charge in [-0.25, -0.2) is 0 Å². The first kappa shape index (κ1) is 25.7. The number of rotatable bonds is 3. The van der Waals surface area contributed by atoms with E-state index in [2.05, 4.69) is 88.4 Å². The van der Waals surface area contributed by atoms with Gasteiger partial charge in [0.2, 0.25) is 0 Å². The quantitative estimate of drug-likeness (QED) is 0.252. The van der Waals surface area contributed by atoms with Gasteiger partial charge in [-0.2, -0.15) is 0 Å². The van der Waals surface area contributed by atoms with Crippen LogP contribution < -0.4 is 16.4 Å². The zero-order chi connectivity index (χ0) is 29.4. The Morgan fingerprint density at radius 3 is 2.23 bits per heavy atom. The molecule has 0 saturated carbocycles. The molecule has 2 heterocycles. The Kier molecular flexibility index (Phi) is 5.67. The molecular formula is C36H23B3N2O2. The lowest BCUT2D eigenvalue weighted by atomic mass is 9.70. The van der Waals surface area contributed by atoms with Crippen molar-refractivity contribution < 1.29 is 10.2 Å². The van der Waals surface area contributed by atoms with Crippen LogP contribution in [0.4, 0.5) is 0 Å². The third-order valence-electron chi connectivity index (χ3n) is 8.71. The molecule has 0 atom stereocenters. The molecule has 0 fully saturated rings. The van der Waals surface area contributed by atoms with Gasteiger partial charge in [0.1, 0.15) is 35.0 Å². The van der Waals surface area contributed by atoms with E-state index >= 15 is 0 Å². The highest BCUT2D eigenvalue weighted by Gasteiger charge is 2.25. The molecule has 198 valence electrons.